The number of imide groups is 1. The van der Waals surface area contributed by atoms with E-state index in [0.29, 0.717) is 26.0 Å². The van der Waals surface area contributed by atoms with E-state index in [9.17, 15) is 9.59 Å². The van der Waals surface area contributed by atoms with Gasteiger partial charge in [0.15, 0.2) is 11.5 Å². The Bertz CT molecular complexity index is 936. The zero-order chi connectivity index (χ0) is 20.0. The van der Waals surface area contributed by atoms with E-state index in [1.807, 2.05) is 0 Å². The van der Waals surface area contributed by atoms with Crippen LogP contribution < -0.4 is 9.47 Å². The number of fused-ring (bicyclic) bond motifs is 5. The van der Waals surface area contributed by atoms with E-state index in [1.54, 1.807) is 6.07 Å². The lowest BCUT2D eigenvalue weighted by Gasteiger charge is -2.15. The molecule has 3 aliphatic rings. The number of hydrazone groups is 1. The van der Waals surface area contributed by atoms with Crippen molar-refractivity contribution in [2.24, 2.45) is 28.8 Å². The summed E-state index contributed by atoms with van der Waals surface area (Å²) in [5.74, 6) is 2.62. The van der Waals surface area contributed by atoms with Gasteiger partial charge in [0.25, 0.3) is 11.8 Å². The van der Waals surface area contributed by atoms with E-state index in [1.165, 1.54) is 13.3 Å². The third-order valence-electron chi connectivity index (χ3n) is 5.44. The molecule has 1 saturated carbocycles. The van der Waals surface area contributed by atoms with Crippen LogP contribution in [0.5, 0.6) is 11.5 Å². The molecule has 2 fully saturated rings. The molecule has 6 nitrogen and oxygen atoms in total. The van der Waals surface area contributed by atoms with Crippen LogP contribution in [-0.2, 0) is 9.59 Å². The van der Waals surface area contributed by atoms with Gasteiger partial charge in [-0.1, -0.05) is 18.1 Å². The molecule has 28 heavy (non-hydrogen) atoms. The van der Waals surface area contributed by atoms with Crippen molar-refractivity contribution < 1.29 is 19.1 Å². The molecule has 2 aliphatic carbocycles. The first-order valence-corrected chi connectivity index (χ1v) is 10.3. The summed E-state index contributed by atoms with van der Waals surface area (Å²) in [5, 5.41) is 5.22. The summed E-state index contributed by atoms with van der Waals surface area (Å²) in [4.78, 5) is 25.5. The molecule has 1 heterocycles. The number of carbonyl (C=O) groups excluding carboxylic acids is 2. The quantitative estimate of drug-likeness (QED) is 0.265. The van der Waals surface area contributed by atoms with E-state index in [0.717, 1.165) is 11.4 Å². The number of rotatable bonds is 5. The number of methoxy groups -OCH3 is 1. The fourth-order valence-corrected chi connectivity index (χ4v) is 5.15. The number of carbonyl (C=O) groups is 2. The molecule has 0 aromatic heterocycles. The molecule has 0 spiro atoms. The van der Waals surface area contributed by atoms with Gasteiger partial charge in [-0.15, -0.1) is 6.42 Å². The average Bonchev–Trinajstić information content (AvgIpc) is 3.37. The number of amides is 2. The third-order valence-corrected chi connectivity index (χ3v) is 7.58. The van der Waals surface area contributed by atoms with Crippen LogP contribution >= 0.6 is 31.9 Å². The van der Waals surface area contributed by atoms with Crippen LogP contribution in [-0.4, -0.2) is 36.8 Å². The Labute approximate surface area is 179 Å². The van der Waals surface area contributed by atoms with Crippen LogP contribution in [0.25, 0.3) is 0 Å². The number of nitrogens with zero attached hydrogens (tertiary/aromatic N) is 2. The van der Waals surface area contributed by atoms with Gasteiger partial charge in [-0.05, 0) is 56.2 Å². The third kappa shape index (κ3) is 2.88. The van der Waals surface area contributed by atoms with Gasteiger partial charge in [0.1, 0.15) is 6.61 Å². The number of terminal acetylenes is 1. The van der Waals surface area contributed by atoms with Crippen LogP contribution in [0.4, 0.5) is 0 Å². The number of halogens is 2. The second kappa shape index (κ2) is 7.37. The van der Waals surface area contributed by atoms with Gasteiger partial charge in [-0.3, -0.25) is 9.59 Å². The minimum atomic E-state index is -0.274. The first-order chi connectivity index (χ1) is 13.5. The standard InChI is InChI=1S/C20H16Br2N2O4/c1-3-6-28-18-13(27-2)8-12(16(21)17(18)22)9-23-24-19(25)14-10-4-5-11(7-10)15(14)20(24)26/h1,4-5,8-11,14-15H,6-7H2,2H3/t10-,11-,14-,15+/m0/s1. The van der Waals surface area contributed by atoms with E-state index >= 15 is 0 Å². The van der Waals surface area contributed by atoms with Crippen molar-refractivity contribution in [3.63, 3.8) is 0 Å². The minimum Gasteiger partial charge on any atom is -0.493 e. The van der Waals surface area contributed by atoms with E-state index in [4.69, 9.17) is 15.9 Å². The summed E-state index contributed by atoms with van der Waals surface area (Å²) in [6.45, 7) is 0.0881. The molecule has 0 N–H and O–H groups in total. The lowest BCUT2D eigenvalue weighted by molar-refractivity contribution is -0.140. The molecule has 1 saturated heterocycles. The monoisotopic (exact) mass is 506 g/mol. The molecule has 2 amide bonds. The fraction of sp³-hybridized carbons (Fsp3) is 0.350. The van der Waals surface area contributed by atoms with Crippen molar-refractivity contribution in [3.8, 4) is 23.8 Å². The Morgan fingerprint density at radius 2 is 1.89 bits per heavy atom. The molecular weight excluding hydrogens is 492 g/mol. The molecule has 144 valence electrons. The highest BCUT2D eigenvalue weighted by Crippen LogP contribution is 2.52. The molecule has 0 unspecified atom stereocenters. The maximum absolute atomic E-state index is 12.7. The normalized spacial score (nSPS) is 27.6. The zero-order valence-electron chi connectivity index (χ0n) is 14.9. The minimum absolute atomic E-state index is 0.0881. The van der Waals surface area contributed by atoms with Crippen LogP contribution in [0.1, 0.15) is 12.0 Å². The van der Waals surface area contributed by atoms with Crippen molar-refractivity contribution in [1.29, 1.82) is 0 Å². The predicted octanol–water partition coefficient (Wildman–Crippen LogP) is 3.37. The highest BCUT2D eigenvalue weighted by molar-refractivity contribution is 9.13. The van der Waals surface area contributed by atoms with Crippen LogP contribution in [0, 0.1) is 36.0 Å². The molecule has 4 rings (SSSR count). The number of hydrogen-bond donors (Lipinski definition) is 0. The SMILES string of the molecule is C#CCOc1c(OC)cc(C=NN2C(=O)[C@@H]3[C@H](C2=O)[C@H]2C=C[C@H]3C2)c(Br)c1Br. The Hall–Kier alpha value is -2.11. The maximum atomic E-state index is 12.7. The number of allylic oxidation sites excluding steroid dienone is 2. The molecule has 1 aromatic carbocycles. The van der Waals surface area contributed by atoms with Crippen LogP contribution in [0.3, 0.4) is 0 Å². The molecule has 8 heteroatoms. The van der Waals surface area contributed by atoms with Gasteiger partial charge in [-0.2, -0.15) is 10.1 Å². The van der Waals surface area contributed by atoms with Crippen molar-refractivity contribution in [3.05, 3.63) is 32.7 Å². The average molecular weight is 508 g/mol. The Balaban J connectivity index is 1.62. The number of hydrogen-bond acceptors (Lipinski definition) is 5. The fourth-order valence-electron chi connectivity index (χ4n) is 4.22. The molecule has 2 bridgehead atoms. The van der Waals surface area contributed by atoms with Gasteiger partial charge in [-0.25, -0.2) is 0 Å². The molecule has 4 atom stereocenters. The lowest BCUT2D eigenvalue weighted by Crippen LogP contribution is -2.28. The Kier molecular flexibility index (Phi) is 5.06. The number of benzene rings is 1. The second-order valence-corrected chi connectivity index (χ2v) is 8.44. The van der Waals surface area contributed by atoms with Crippen molar-refractivity contribution in [2.45, 2.75) is 6.42 Å². The van der Waals surface area contributed by atoms with Crippen molar-refractivity contribution >= 4 is 49.9 Å². The zero-order valence-corrected chi connectivity index (χ0v) is 18.1. The van der Waals surface area contributed by atoms with Gasteiger partial charge in [0, 0.05) is 10.0 Å². The highest BCUT2D eigenvalue weighted by atomic mass is 79.9. The largest absolute Gasteiger partial charge is 0.493 e. The first kappa shape index (κ1) is 19.2. The van der Waals surface area contributed by atoms with Gasteiger partial charge >= 0.3 is 0 Å². The van der Waals surface area contributed by atoms with Crippen molar-refractivity contribution in [1.82, 2.24) is 5.01 Å². The van der Waals surface area contributed by atoms with Gasteiger partial charge in [0.05, 0.1) is 29.6 Å². The summed E-state index contributed by atoms with van der Waals surface area (Å²) in [6.07, 6.45) is 11.7. The summed E-state index contributed by atoms with van der Waals surface area (Å²) in [7, 11) is 1.51. The lowest BCUT2D eigenvalue weighted by atomic mass is 9.85. The summed E-state index contributed by atoms with van der Waals surface area (Å²) < 4.78 is 12.1. The Morgan fingerprint density at radius 3 is 2.46 bits per heavy atom. The summed E-state index contributed by atoms with van der Waals surface area (Å²) in [6, 6.07) is 1.70. The highest BCUT2D eigenvalue weighted by Gasteiger charge is 2.59. The molecule has 1 aromatic rings. The van der Waals surface area contributed by atoms with Gasteiger partial charge < -0.3 is 9.47 Å². The van der Waals surface area contributed by atoms with E-state index < -0.39 is 0 Å². The molecular formula is C20H16Br2N2O4. The molecule has 1 aliphatic heterocycles. The Morgan fingerprint density at radius 1 is 1.25 bits per heavy atom. The van der Waals surface area contributed by atoms with E-state index in [-0.39, 0.29) is 42.1 Å². The topological polar surface area (TPSA) is 68.2 Å². The first-order valence-electron chi connectivity index (χ1n) is 8.70. The predicted molar refractivity (Wildman–Crippen MR) is 110 cm³/mol. The van der Waals surface area contributed by atoms with Crippen LogP contribution in [0.2, 0.25) is 0 Å². The molecule has 0 radical (unpaired) electrons. The number of ether oxygens (including phenoxy) is 2. The van der Waals surface area contributed by atoms with Gasteiger partial charge in [0.2, 0.25) is 0 Å². The second-order valence-electron chi connectivity index (χ2n) is 6.85. The van der Waals surface area contributed by atoms with E-state index in [2.05, 4.69) is 55.0 Å². The smallest absolute Gasteiger partial charge is 0.254 e. The summed E-state index contributed by atoms with van der Waals surface area (Å²) >= 11 is 6.94. The van der Waals surface area contributed by atoms with Crippen molar-refractivity contribution in [2.75, 3.05) is 13.7 Å². The maximum Gasteiger partial charge on any atom is 0.254 e. The summed E-state index contributed by atoms with van der Waals surface area (Å²) in [5.41, 5.74) is 0.621. The van der Waals surface area contributed by atoms with Crippen LogP contribution in [0.15, 0.2) is 32.3 Å².